The van der Waals surface area contributed by atoms with E-state index in [1.165, 1.54) is 26.9 Å². The summed E-state index contributed by atoms with van der Waals surface area (Å²) in [5.74, 6) is -2.66. The molecular formula is C38H35F3N6O8. The lowest BCUT2D eigenvalue weighted by molar-refractivity contribution is -0.191. The molecule has 286 valence electrons. The molecule has 0 radical (unpaired) electrons. The number of ether oxygens (including phenoxy) is 7. The van der Waals surface area contributed by atoms with E-state index < -0.39 is 53.8 Å². The van der Waals surface area contributed by atoms with Crippen LogP contribution in [0.4, 0.5) is 19.0 Å². The third kappa shape index (κ3) is 6.43. The Hall–Kier alpha value is -5.91. The van der Waals surface area contributed by atoms with Gasteiger partial charge in [0.1, 0.15) is 41.7 Å². The summed E-state index contributed by atoms with van der Waals surface area (Å²) in [6, 6.07) is 14.9. The first-order valence-corrected chi connectivity index (χ1v) is 17.1. The molecule has 5 heterocycles. The second-order valence-corrected chi connectivity index (χ2v) is 13.4. The average molecular weight is 761 g/mol. The maximum absolute atomic E-state index is 14.3. The number of alkyl halides is 3. The van der Waals surface area contributed by atoms with Crippen molar-refractivity contribution in [1.82, 2.24) is 24.8 Å². The largest absolute Gasteiger partial charge is 0.497 e. The lowest BCUT2D eigenvalue weighted by Crippen LogP contribution is -2.37. The van der Waals surface area contributed by atoms with E-state index in [0.717, 1.165) is 12.1 Å². The first-order chi connectivity index (χ1) is 26.3. The van der Waals surface area contributed by atoms with Gasteiger partial charge in [0, 0.05) is 17.7 Å². The number of halogens is 3. The Morgan fingerprint density at radius 3 is 2.24 bits per heavy atom. The monoisotopic (exact) mass is 760 g/mol. The number of imidazole rings is 1. The topological polar surface area (TPSA) is 163 Å². The summed E-state index contributed by atoms with van der Waals surface area (Å²) in [6.45, 7) is 3.48. The van der Waals surface area contributed by atoms with Gasteiger partial charge in [-0.15, -0.1) is 0 Å². The lowest BCUT2D eigenvalue weighted by Gasteiger charge is -2.29. The van der Waals surface area contributed by atoms with E-state index in [1.807, 2.05) is 0 Å². The van der Waals surface area contributed by atoms with Crippen molar-refractivity contribution in [3.05, 3.63) is 108 Å². The number of amides is 1. The Morgan fingerprint density at radius 1 is 0.945 bits per heavy atom. The summed E-state index contributed by atoms with van der Waals surface area (Å²) in [5, 5.41) is 2.68. The molecule has 0 spiro atoms. The van der Waals surface area contributed by atoms with Crippen molar-refractivity contribution < 1.29 is 51.1 Å². The number of nitrogen functional groups attached to an aromatic ring is 1. The third-order valence-corrected chi connectivity index (χ3v) is 9.50. The van der Waals surface area contributed by atoms with Crippen molar-refractivity contribution in [2.45, 2.75) is 56.1 Å². The number of nitrogens with zero attached hydrogens (tertiary/aromatic N) is 4. The molecule has 17 heteroatoms. The van der Waals surface area contributed by atoms with Crippen LogP contribution < -0.4 is 30.0 Å². The number of fused-ring (bicyclic) bond motifs is 3. The number of nitrogens with two attached hydrogens (primary N) is 1. The molecule has 2 fully saturated rings. The first kappa shape index (κ1) is 36.1. The van der Waals surface area contributed by atoms with E-state index in [1.54, 1.807) is 79.1 Å². The minimum absolute atomic E-state index is 0.0866. The Balaban J connectivity index is 1.06. The fourth-order valence-corrected chi connectivity index (χ4v) is 6.95. The normalized spacial score (nSPS) is 22.2. The molecule has 0 aliphatic carbocycles. The fraction of sp³-hybridized carbons (Fsp3) is 0.316. The number of hydrogen-bond acceptors (Lipinski definition) is 12. The van der Waals surface area contributed by atoms with Crippen LogP contribution >= 0.6 is 0 Å². The van der Waals surface area contributed by atoms with Crippen LogP contribution in [0, 0.1) is 0 Å². The smallest absolute Gasteiger partial charge is 0.416 e. The van der Waals surface area contributed by atoms with Gasteiger partial charge in [0.05, 0.1) is 31.7 Å². The van der Waals surface area contributed by atoms with Crippen LogP contribution in [0.2, 0.25) is 0 Å². The van der Waals surface area contributed by atoms with E-state index in [9.17, 15) is 18.0 Å². The Kier molecular flexibility index (Phi) is 8.82. The molecule has 4 atom stereocenters. The van der Waals surface area contributed by atoms with Crippen LogP contribution in [0.15, 0.2) is 85.5 Å². The summed E-state index contributed by atoms with van der Waals surface area (Å²) in [6.07, 6.45) is -1.08. The van der Waals surface area contributed by atoms with Gasteiger partial charge in [-0.05, 0) is 74.5 Å². The summed E-state index contributed by atoms with van der Waals surface area (Å²) in [5.41, 5.74) is 6.25. The van der Waals surface area contributed by atoms with Gasteiger partial charge in [0.15, 0.2) is 35.0 Å². The molecule has 2 aromatic heterocycles. The molecule has 5 aromatic rings. The molecule has 0 saturated carbocycles. The van der Waals surface area contributed by atoms with Crippen molar-refractivity contribution in [2.75, 3.05) is 26.5 Å². The molecule has 8 rings (SSSR count). The summed E-state index contributed by atoms with van der Waals surface area (Å²) in [4.78, 5) is 26.4. The SMILES string of the molecule is COc1ccc(C2(c3ccc(OC)cc3)Oc3cc(C(F)(F)F)cc(C(=O)NC/C=C/[C@H]4O[C@@H](n5cnc6c(N)ncnc65)[C@H]5OC(C)(C)OC45)c3O2)cc1. The van der Waals surface area contributed by atoms with Crippen LogP contribution in [0.1, 0.15) is 47.1 Å². The average Bonchev–Trinajstić information content (AvgIpc) is 3.93. The molecular weight excluding hydrogens is 725 g/mol. The quantitative estimate of drug-likeness (QED) is 0.181. The number of aromatic nitrogens is 4. The maximum atomic E-state index is 14.3. The third-order valence-electron chi connectivity index (χ3n) is 9.50. The molecule has 3 aliphatic rings. The molecule has 55 heavy (non-hydrogen) atoms. The number of rotatable bonds is 9. The van der Waals surface area contributed by atoms with Crippen molar-refractivity contribution in [3.8, 4) is 23.0 Å². The summed E-state index contributed by atoms with van der Waals surface area (Å²) >= 11 is 0. The van der Waals surface area contributed by atoms with E-state index >= 15 is 0 Å². The fourth-order valence-electron chi connectivity index (χ4n) is 6.95. The zero-order valence-corrected chi connectivity index (χ0v) is 29.9. The molecule has 0 bridgehead atoms. The molecule has 3 N–H and O–H groups in total. The van der Waals surface area contributed by atoms with Crippen LogP contribution in [0.25, 0.3) is 11.2 Å². The Bertz CT molecular complexity index is 2230. The number of anilines is 1. The van der Waals surface area contributed by atoms with Crippen LogP contribution in [0.5, 0.6) is 23.0 Å². The Morgan fingerprint density at radius 2 is 1.60 bits per heavy atom. The van der Waals surface area contributed by atoms with Gasteiger partial charge in [-0.1, -0.05) is 12.2 Å². The number of carbonyl (C=O) groups excluding carboxylic acids is 1. The molecule has 1 amide bonds. The Labute approximate surface area is 311 Å². The van der Waals surface area contributed by atoms with E-state index in [4.69, 9.17) is 38.9 Å². The highest BCUT2D eigenvalue weighted by Gasteiger charge is 2.55. The van der Waals surface area contributed by atoms with E-state index in [0.29, 0.717) is 33.8 Å². The van der Waals surface area contributed by atoms with Crippen LogP contribution in [0.3, 0.4) is 0 Å². The number of benzene rings is 3. The summed E-state index contributed by atoms with van der Waals surface area (Å²) < 4.78 is 86.6. The van der Waals surface area contributed by atoms with E-state index in [-0.39, 0.29) is 29.4 Å². The minimum Gasteiger partial charge on any atom is -0.497 e. The summed E-state index contributed by atoms with van der Waals surface area (Å²) in [7, 11) is 3.01. The van der Waals surface area contributed by atoms with E-state index in [2.05, 4.69) is 20.3 Å². The standard InChI is InChI=1S/C38H35F3N6O8/c1-36(2)53-30-26(51-35(31(30)54-36)47-19-46-28-32(42)44-18-45-33(28)47)6-5-15-43-34(48)25-16-22(38(39,40)41)17-27-29(25)55-37(52-27,20-7-11-23(49-3)12-8-20)21-9-13-24(50-4)14-10-21/h5-14,16-19,26,30-31,35H,15H2,1-4H3,(H,43,48)(H2,42,44,45)/b6-5+/t26-,30?,31+,35-/m1/s1. The van der Waals surface area contributed by atoms with Crippen molar-refractivity contribution in [3.63, 3.8) is 0 Å². The second-order valence-electron chi connectivity index (χ2n) is 13.4. The molecule has 2 saturated heterocycles. The molecule has 14 nitrogen and oxygen atoms in total. The van der Waals surface area contributed by atoms with Gasteiger partial charge >= 0.3 is 12.0 Å². The lowest BCUT2D eigenvalue weighted by atomic mass is 9.97. The van der Waals surface area contributed by atoms with Crippen LogP contribution in [-0.4, -0.2) is 70.3 Å². The number of hydrogen-bond donors (Lipinski definition) is 2. The van der Waals surface area contributed by atoms with Crippen molar-refractivity contribution in [1.29, 1.82) is 0 Å². The predicted molar refractivity (Wildman–Crippen MR) is 188 cm³/mol. The van der Waals surface area contributed by atoms with Crippen LogP contribution in [-0.2, 0) is 26.2 Å². The molecule has 3 aromatic carbocycles. The zero-order chi connectivity index (χ0) is 38.7. The van der Waals surface area contributed by atoms with Crippen molar-refractivity contribution in [2.24, 2.45) is 0 Å². The van der Waals surface area contributed by atoms with Crippen molar-refractivity contribution >= 4 is 22.9 Å². The van der Waals surface area contributed by atoms with Gasteiger partial charge in [0.2, 0.25) is 0 Å². The number of carbonyl (C=O) groups is 1. The second kappa shape index (κ2) is 13.4. The highest BCUT2D eigenvalue weighted by molar-refractivity contribution is 5.98. The minimum atomic E-state index is -4.80. The molecule has 1 unspecified atom stereocenters. The van der Waals surface area contributed by atoms with Gasteiger partial charge in [0.25, 0.3) is 5.91 Å². The van der Waals surface area contributed by atoms with Gasteiger partial charge in [-0.3, -0.25) is 9.36 Å². The maximum Gasteiger partial charge on any atom is 0.416 e. The van der Waals surface area contributed by atoms with Gasteiger partial charge in [-0.25, -0.2) is 15.0 Å². The van der Waals surface area contributed by atoms with Gasteiger partial charge < -0.3 is 44.2 Å². The number of methoxy groups -OCH3 is 2. The highest BCUT2D eigenvalue weighted by atomic mass is 19.4. The molecule has 3 aliphatic heterocycles. The zero-order valence-electron chi connectivity index (χ0n) is 29.9. The van der Waals surface area contributed by atoms with Gasteiger partial charge in [-0.2, -0.15) is 13.2 Å². The predicted octanol–water partition coefficient (Wildman–Crippen LogP) is 5.52. The first-order valence-electron chi connectivity index (χ1n) is 17.1. The highest BCUT2D eigenvalue weighted by Crippen LogP contribution is 2.52. The number of nitrogens with one attached hydrogen (secondary N) is 1.